The quantitative estimate of drug-likeness (QED) is 0.882. The van der Waals surface area contributed by atoms with Gasteiger partial charge >= 0.3 is 6.01 Å². The van der Waals surface area contributed by atoms with Crippen molar-refractivity contribution in [3.8, 4) is 17.5 Å². The normalized spacial score (nSPS) is 10.2. The Kier molecular flexibility index (Phi) is 4.95. The van der Waals surface area contributed by atoms with E-state index >= 15 is 0 Å². The van der Waals surface area contributed by atoms with Gasteiger partial charge in [-0.1, -0.05) is 13.0 Å². The van der Waals surface area contributed by atoms with Crippen LogP contribution in [0, 0.1) is 0 Å². The maximum absolute atomic E-state index is 5.85. The zero-order valence-electron chi connectivity index (χ0n) is 11.3. The molecule has 0 aliphatic carbocycles. The fraction of sp³-hybridized carbons (Fsp3) is 0.308. The van der Waals surface area contributed by atoms with Crippen molar-refractivity contribution in [3.63, 3.8) is 0 Å². The summed E-state index contributed by atoms with van der Waals surface area (Å²) < 4.78 is 10.7. The second-order valence-corrected chi connectivity index (χ2v) is 4.26. The molecule has 0 radical (unpaired) electrons. The highest BCUT2D eigenvalue weighted by Crippen LogP contribution is 2.23. The van der Waals surface area contributed by atoms with E-state index in [-0.39, 0.29) is 11.3 Å². The number of ether oxygens (including phenoxy) is 2. The van der Waals surface area contributed by atoms with Crippen molar-refractivity contribution in [3.05, 3.63) is 29.5 Å². The molecule has 0 unspecified atom stereocenters. The van der Waals surface area contributed by atoms with Crippen molar-refractivity contribution in [1.82, 2.24) is 15.0 Å². The number of aromatic nitrogens is 3. The molecule has 2 rings (SSSR count). The van der Waals surface area contributed by atoms with Gasteiger partial charge in [-0.3, -0.25) is 0 Å². The summed E-state index contributed by atoms with van der Waals surface area (Å²) in [5, 5.41) is 3.11. The zero-order chi connectivity index (χ0) is 14.4. The minimum Gasteiger partial charge on any atom is -0.497 e. The molecule has 106 valence electrons. The van der Waals surface area contributed by atoms with Gasteiger partial charge in [0.15, 0.2) is 0 Å². The predicted molar refractivity (Wildman–Crippen MR) is 76.7 cm³/mol. The SMILES string of the molecule is CCCNc1nc(Cl)nc(Oc2cccc(OC)c2)n1. The van der Waals surface area contributed by atoms with Gasteiger partial charge in [0.2, 0.25) is 11.2 Å². The molecule has 7 heteroatoms. The minimum atomic E-state index is 0.0801. The highest BCUT2D eigenvalue weighted by Gasteiger charge is 2.07. The van der Waals surface area contributed by atoms with Gasteiger partial charge in [-0.05, 0) is 30.2 Å². The lowest BCUT2D eigenvalue weighted by Gasteiger charge is -2.07. The van der Waals surface area contributed by atoms with Crippen LogP contribution in [0.2, 0.25) is 5.28 Å². The molecule has 0 bridgehead atoms. The second kappa shape index (κ2) is 6.91. The maximum atomic E-state index is 5.85. The van der Waals surface area contributed by atoms with Crippen LogP contribution in [0.1, 0.15) is 13.3 Å². The van der Waals surface area contributed by atoms with Gasteiger partial charge in [0.1, 0.15) is 11.5 Å². The first-order valence-corrected chi connectivity index (χ1v) is 6.56. The van der Waals surface area contributed by atoms with E-state index in [4.69, 9.17) is 21.1 Å². The number of rotatable bonds is 6. The summed E-state index contributed by atoms with van der Waals surface area (Å²) in [7, 11) is 1.59. The van der Waals surface area contributed by atoms with E-state index in [1.54, 1.807) is 19.2 Å². The molecule has 6 nitrogen and oxygen atoms in total. The summed E-state index contributed by atoms with van der Waals surface area (Å²) in [5.41, 5.74) is 0. The van der Waals surface area contributed by atoms with Crippen LogP contribution in [0.5, 0.6) is 17.5 Å². The maximum Gasteiger partial charge on any atom is 0.328 e. The summed E-state index contributed by atoms with van der Waals surface area (Å²) in [6.45, 7) is 2.79. The molecule has 0 spiro atoms. The Hall–Kier alpha value is -2.08. The fourth-order valence-electron chi connectivity index (χ4n) is 1.46. The Morgan fingerprint density at radius 3 is 2.75 bits per heavy atom. The van der Waals surface area contributed by atoms with Crippen molar-refractivity contribution < 1.29 is 9.47 Å². The molecule has 0 aliphatic heterocycles. The minimum absolute atomic E-state index is 0.0801. The van der Waals surface area contributed by atoms with Crippen LogP contribution < -0.4 is 14.8 Å². The first-order chi connectivity index (χ1) is 9.71. The van der Waals surface area contributed by atoms with Crippen LogP contribution >= 0.6 is 11.6 Å². The largest absolute Gasteiger partial charge is 0.497 e. The molecule has 1 N–H and O–H groups in total. The third-order valence-corrected chi connectivity index (χ3v) is 2.54. The van der Waals surface area contributed by atoms with E-state index in [0.29, 0.717) is 17.4 Å². The third-order valence-electron chi connectivity index (χ3n) is 2.37. The van der Waals surface area contributed by atoms with Gasteiger partial charge < -0.3 is 14.8 Å². The number of nitrogens with one attached hydrogen (secondary N) is 1. The number of methoxy groups -OCH3 is 1. The van der Waals surface area contributed by atoms with Gasteiger partial charge in [-0.15, -0.1) is 0 Å². The standard InChI is InChI=1S/C13H15ClN4O2/c1-3-7-15-12-16-11(14)17-13(18-12)20-10-6-4-5-9(8-10)19-2/h4-6,8H,3,7H2,1-2H3,(H,15,16,17,18). The molecule has 0 saturated heterocycles. The first kappa shape index (κ1) is 14.3. The number of anilines is 1. The van der Waals surface area contributed by atoms with Crippen molar-refractivity contribution in [2.75, 3.05) is 19.0 Å². The van der Waals surface area contributed by atoms with E-state index in [9.17, 15) is 0 Å². The van der Waals surface area contributed by atoms with Gasteiger partial charge in [0, 0.05) is 12.6 Å². The first-order valence-electron chi connectivity index (χ1n) is 6.18. The number of nitrogens with zero attached hydrogens (tertiary/aromatic N) is 3. The van der Waals surface area contributed by atoms with Crippen LogP contribution in [0.4, 0.5) is 5.95 Å². The van der Waals surface area contributed by atoms with E-state index < -0.39 is 0 Å². The Labute approximate surface area is 122 Å². The van der Waals surface area contributed by atoms with E-state index in [2.05, 4.69) is 20.3 Å². The van der Waals surface area contributed by atoms with Crippen LogP contribution in [0.15, 0.2) is 24.3 Å². The Morgan fingerprint density at radius 2 is 2.00 bits per heavy atom. The predicted octanol–water partition coefficient (Wildman–Crippen LogP) is 3.15. The van der Waals surface area contributed by atoms with Gasteiger partial charge in [-0.2, -0.15) is 15.0 Å². The summed E-state index contributed by atoms with van der Waals surface area (Å²) >= 11 is 5.85. The van der Waals surface area contributed by atoms with Crippen molar-refractivity contribution in [2.45, 2.75) is 13.3 Å². The number of halogens is 1. The van der Waals surface area contributed by atoms with Crippen LogP contribution in [-0.4, -0.2) is 28.6 Å². The van der Waals surface area contributed by atoms with Gasteiger partial charge in [-0.25, -0.2) is 0 Å². The number of hydrogen-bond donors (Lipinski definition) is 1. The molecule has 0 fully saturated rings. The van der Waals surface area contributed by atoms with E-state index in [1.165, 1.54) is 0 Å². The van der Waals surface area contributed by atoms with Crippen LogP contribution in [-0.2, 0) is 0 Å². The molecule has 0 amide bonds. The molecule has 0 saturated carbocycles. The lowest BCUT2D eigenvalue weighted by molar-refractivity contribution is 0.404. The fourth-order valence-corrected chi connectivity index (χ4v) is 1.62. The number of benzene rings is 1. The number of hydrogen-bond acceptors (Lipinski definition) is 6. The van der Waals surface area contributed by atoms with Crippen molar-refractivity contribution >= 4 is 17.5 Å². The van der Waals surface area contributed by atoms with Crippen LogP contribution in [0.25, 0.3) is 0 Å². The highest BCUT2D eigenvalue weighted by atomic mass is 35.5. The molecule has 1 aromatic heterocycles. The van der Waals surface area contributed by atoms with Crippen molar-refractivity contribution in [2.24, 2.45) is 0 Å². The van der Waals surface area contributed by atoms with Gasteiger partial charge in [0.05, 0.1) is 7.11 Å². The highest BCUT2D eigenvalue weighted by molar-refractivity contribution is 6.28. The summed E-state index contributed by atoms with van der Waals surface area (Å²) in [6.07, 6.45) is 0.954. The Balaban J connectivity index is 2.17. The molecule has 20 heavy (non-hydrogen) atoms. The van der Waals surface area contributed by atoms with Crippen LogP contribution in [0.3, 0.4) is 0 Å². The monoisotopic (exact) mass is 294 g/mol. The van der Waals surface area contributed by atoms with E-state index in [1.807, 2.05) is 19.1 Å². The summed E-state index contributed by atoms with van der Waals surface area (Å²) in [4.78, 5) is 12.0. The summed E-state index contributed by atoms with van der Waals surface area (Å²) in [6, 6.07) is 7.28. The van der Waals surface area contributed by atoms with Crippen molar-refractivity contribution in [1.29, 1.82) is 0 Å². The molecule has 1 aromatic carbocycles. The average molecular weight is 295 g/mol. The molecule has 0 aliphatic rings. The summed E-state index contributed by atoms with van der Waals surface area (Å²) in [5.74, 6) is 1.64. The lowest BCUT2D eigenvalue weighted by Crippen LogP contribution is -2.06. The van der Waals surface area contributed by atoms with E-state index in [0.717, 1.165) is 13.0 Å². The zero-order valence-corrected chi connectivity index (χ0v) is 12.0. The molecule has 0 atom stereocenters. The van der Waals surface area contributed by atoms with Gasteiger partial charge in [0.25, 0.3) is 0 Å². The molecular formula is C13H15ClN4O2. The Bertz CT molecular complexity index is 580. The smallest absolute Gasteiger partial charge is 0.328 e. The average Bonchev–Trinajstić information content (AvgIpc) is 2.44. The Morgan fingerprint density at radius 1 is 1.20 bits per heavy atom. The molecule has 2 aromatic rings. The third kappa shape index (κ3) is 3.96. The molecular weight excluding hydrogens is 280 g/mol. The lowest BCUT2D eigenvalue weighted by atomic mass is 10.3. The molecule has 1 heterocycles. The topological polar surface area (TPSA) is 69.2 Å². The second-order valence-electron chi connectivity index (χ2n) is 3.92.